The van der Waals surface area contributed by atoms with Gasteiger partial charge in [0.05, 0.1) is 6.04 Å². The van der Waals surface area contributed by atoms with Crippen LogP contribution in [0.15, 0.2) is 30.3 Å². The van der Waals surface area contributed by atoms with E-state index in [0.717, 1.165) is 18.7 Å². The van der Waals surface area contributed by atoms with E-state index in [0.29, 0.717) is 12.2 Å². The van der Waals surface area contributed by atoms with Crippen LogP contribution >= 0.6 is 0 Å². The average Bonchev–Trinajstić information content (AvgIpc) is 2.98. The van der Waals surface area contributed by atoms with Gasteiger partial charge in [-0.3, -0.25) is 4.79 Å². The van der Waals surface area contributed by atoms with Crippen molar-refractivity contribution < 1.29 is 4.79 Å². The maximum Gasteiger partial charge on any atom is 0.217 e. The van der Waals surface area contributed by atoms with Gasteiger partial charge in [-0.2, -0.15) is 0 Å². The van der Waals surface area contributed by atoms with Crippen molar-refractivity contribution in [3.05, 3.63) is 47.5 Å². The van der Waals surface area contributed by atoms with Gasteiger partial charge in [0, 0.05) is 12.8 Å². The molecule has 0 saturated carbocycles. The molecule has 1 aliphatic rings. The van der Waals surface area contributed by atoms with E-state index in [2.05, 4.69) is 22.2 Å². The van der Waals surface area contributed by atoms with Gasteiger partial charge in [-0.1, -0.05) is 37.3 Å². The molecular weight excluding hydrogens is 226 g/mol. The van der Waals surface area contributed by atoms with E-state index in [1.807, 2.05) is 29.8 Å². The molecule has 2 heterocycles. The minimum atomic E-state index is 0.0173. The van der Waals surface area contributed by atoms with Crippen molar-refractivity contribution in [2.45, 2.75) is 32.2 Å². The maximum atomic E-state index is 11.6. The van der Waals surface area contributed by atoms with Gasteiger partial charge in [-0.15, -0.1) is 5.10 Å². The van der Waals surface area contributed by atoms with Crippen molar-refractivity contribution in [3.63, 3.8) is 0 Å². The molecule has 0 N–H and O–H groups in total. The van der Waals surface area contributed by atoms with Gasteiger partial charge in [0.15, 0.2) is 0 Å². The first-order chi connectivity index (χ1) is 8.79. The third kappa shape index (κ3) is 1.74. The highest BCUT2D eigenvalue weighted by molar-refractivity contribution is 5.92. The summed E-state index contributed by atoms with van der Waals surface area (Å²) in [5.74, 6) is 1.32. The largest absolute Gasteiger partial charge is 0.291 e. The second-order valence-corrected chi connectivity index (χ2v) is 4.54. The first-order valence-corrected chi connectivity index (χ1v) is 6.33. The number of aromatic nitrogens is 3. The number of nitrogens with zero attached hydrogens (tertiary/aromatic N) is 3. The first-order valence-electron chi connectivity index (χ1n) is 6.33. The number of carbonyl (C=O) groups excluding carboxylic acids is 1. The average molecular weight is 241 g/mol. The van der Waals surface area contributed by atoms with Gasteiger partial charge in [0.2, 0.25) is 11.6 Å². The molecule has 0 spiro atoms. The van der Waals surface area contributed by atoms with E-state index in [-0.39, 0.29) is 11.8 Å². The third-order valence-corrected chi connectivity index (χ3v) is 3.39. The van der Waals surface area contributed by atoms with Crippen LogP contribution < -0.4 is 0 Å². The molecule has 92 valence electrons. The van der Waals surface area contributed by atoms with Crippen LogP contribution in [0.3, 0.4) is 0 Å². The Morgan fingerprint density at radius 1 is 1.39 bits per heavy atom. The Bertz CT molecular complexity index is 574. The molecule has 0 radical (unpaired) electrons. The zero-order valence-electron chi connectivity index (χ0n) is 10.3. The van der Waals surface area contributed by atoms with Gasteiger partial charge < -0.3 is 0 Å². The van der Waals surface area contributed by atoms with Gasteiger partial charge >= 0.3 is 0 Å². The number of carbonyl (C=O) groups is 1. The Hall–Kier alpha value is -1.97. The molecule has 0 aliphatic carbocycles. The van der Waals surface area contributed by atoms with Crippen LogP contribution in [0.25, 0.3) is 0 Å². The number of fused-ring (bicyclic) bond motifs is 1. The fraction of sp³-hybridized carbons (Fsp3) is 0.357. The summed E-state index contributed by atoms with van der Waals surface area (Å²) in [5, 5.41) is 4.38. The molecule has 1 aromatic heterocycles. The van der Waals surface area contributed by atoms with Crippen LogP contribution in [0.4, 0.5) is 0 Å². The number of ketones is 1. The second-order valence-electron chi connectivity index (χ2n) is 4.54. The van der Waals surface area contributed by atoms with Crippen molar-refractivity contribution in [2.75, 3.05) is 0 Å². The molecule has 0 bridgehead atoms. The number of rotatable bonds is 3. The second kappa shape index (κ2) is 4.37. The number of benzene rings is 1. The fourth-order valence-corrected chi connectivity index (χ4v) is 2.42. The number of hydrogen-bond acceptors (Lipinski definition) is 3. The lowest BCUT2D eigenvalue weighted by Gasteiger charge is -2.11. The molecule has 1 aliphatic heterocycles. The molecule has 4 heteroatoms. The summed E-state index contributed by atoms with van der Waals surface area (Å²) in [6.07, 6.45) is 2.36. The minimum Gasteiger partial charge on any atom is -0.291 e. The smallest absolute Gasteiger partial charge is 0.217 e. The summed E-state index contributed by atoms with van der Waals surface area (Å²) in [4.78, 5) is 16.0. The van der Waals surface area contributed by atoms with Crippen molar-refractivity contribution in [3.8, 4) is 0 Å². The fourth-order valence-electron chi connectivity index (χ4n) is 2.42. The lowest BCUT2D eigenvalue weighted by Crippen LogP contribution is -2.09. The molecule has 0 fully saturated rings. The molecule has 1 aromatic carbocycles. The number of aryl methyl sites for hydroxylation is 1. The van der Waals surface area contributed by atoms with E-state index < -0.39 is 0 Å². The topological polar surface area (TPSA) is 47.8 Å². The summed E-state index contributed by atoms with van der Waals surface area (Å²) in [7, 11) is 0. The summed E-state index contributed by atoms with van der Waals surface area (Å²) >= 11 is 0. The molecule has 1 unspecified atom stereocenters. The highest BCUT2D eigenvalue weighted by Gasteiger charge is 2.27. The standard InChI is InChI=1S/C14H15N3O/c1-2-12(18)14-15-13-9-8-11(17(13)16-14)10-6-4-3-5-7-10/h3-7,11H,2,8-9H2,1H3. The van der Waals surface area contributed by atoms with Crippen LogP contribution in [-0.4, -0.2) is 20.5 Å². The monoisotopic (exact) mass is 241 g/mol. The Labute approximate surface area is 106 Å². The Kier molecular flexibility index (Phi) is 2.70. The molecular formula is C14H15N3O. The number of Topliss-reactive ketones (excluding diaryl/α,β-unsaturated/α-hetero) is 1. The minimum absolute atomic E-state index is 0.0173. The highest BCUT2D eigenvalue weighted by Crippen LogP contribution is 2.30. The van der Waals surface area contributed by atoms with Crippen LogP contribution in [0.1, 0.15) is 47.8 Å². The first kappa shape index (κ1) is 11.1. The van der Waals surface area contributed by atoms with Crippen LogP contribution in [0.2, 0.25) is 0 Å². The summed E-state index contributed by atoms with van der Waals surface area (Å²) in [6.45, 7) is 1.84. The van der Waals surface area contributed by atoms with Crippen molar-refractivity contribution >= 4 is 5.78 Å². The molecule has 18 heavy (non-hydrogen) atoms. The van der Waals surface area contributed by atoms with E-state index in [1.54, 1.807) is 0 Å². The molecule has 0 amide bonds. The normalized spacial score (nSPS) is 17.7. The Morgan fingerprint density at radius 3 is 2.89 bits per heavy atom. The third-order valence-electron chi connectivity index (χ3n) is 3.39. The molecule has 4 nitrogen and oxygen atoms in total. The lowest BCUT2D eigenvalue weighted by molar-refractivity contribution is 0.0977. The number of hydrogen-bond donors (Lipinski definition) is 0. The van der Waals surface area contributed by atoms with Crippen molar-refractivity contribution in [1.29, 1.82) is 0 Å². The molecule has 1 atom stereocenters. The van der Waals surface area contributed by atoms with Crippen LogP contribution in [0, 0.1) is 0 Å². The zero-order valence-corrected chi connectivity index (χ0v) is 10.3. The molecule has 2 aromatic rings. The molecule has 0 saturated heterocycles. The molecule has 3 rings (SSSR count). The highest BCUT2D eigenvalue weighted by atomic mass is 16.1. The summed E-state index contributed by atoms with van der Waals surface area (Å²) < 4.78 is 1.91. The lowest BCUT2D eigenvalue weighted by atomic mass is 10.1. The SMILES string of the molecule is CCC(=O)c1nc2n(n1)C(c1ccccc1)CC2. The maximum absolute atomic E-state index is 11.6. The quantitative estimate of drug-likeness (QED) is 0.775. The predicted octanol–water partition coefficient (Wildman–Crippen LogP) is 2.41. The zero-order chi connectivity index (χ0) is 12.5. The Balaban J connectivity index is 1.97. The summed E-state index contributed by atoms with van der Waals surface area (Å²) in [5.41, 5.74) is 1.23. The van der Waals surface area contributed by atoms with Gasteiger partial charge in [0.1, 0.15) is 5.82 Å². The predicted molar refractivity (Wildman–Crippen MR) is 67.5 cm³/mol. The van der Waals surface area contributed by atoms with Crippen molar-refractivity contribution in [1.82, 2.24) is 14.8 Å². The van der Waals surface area contributed by atoms with Gasteiger partial charge in [0.25, 0.3) is 0 Å². The van der Waals surface area contributed by atoms with E-state index in [4.69, 9.17) is 0 Å². The summed E-state index contributed by atoms with van der Waals surface area (Å²) in [6, 6.07) is 10.5. The van der Waals surface area contributed by atoms with E-state index in [1.165, 1.54) is 5.56 Å². The van der Waals surface area contributed by atoms with Crippen LogP contribution in [-0.2, 0) is 6.42 Å². The van der Waals surface area contributed by atoms with Crippen LogP contribution in [0.5, 0.6) is 0 Å². The van der Waals surface area contributed by atoms with Crippen molar-refractivity contribution in [2.24, 2.45) is 0 Å². The van der Waals surface area contributed by atoms with Gasteiger partial charge in [-0.05, 0) is 12.0 Å². The van der Waals surface area contributed by atoms with Gasteiger partial charge in [-0.25, -0.2) is 9.67 Å². The van der Waals surface area contributed by atoms with E-state index in [9.17, 15) is 4.79 Å². The van der Waals surface area contributed by atoms with E-state index >= 15 is 0 Å². The Morgan fingerprint density at radius 2 is 2.17 bits per heavy atom.